The van der Waals surface area contributed by atoms with Gasteiger partial charge in [0.25, 0.3) is 5.91 Å². The Morgan fingerprint density at radius 1 is 0.897 bits per heavy atom. The summed E-state index contributed by atoms with van der Waals surface area (Å²) in [5.41, 5.74) is 4.63. The summed E-state index contributed by atoms with van der Waals surface area (Å²) < 4.78 is 5.65. The molecular weight excluding hydrogens is 492 g/mol. The van der Waals surface area contributed by atoms with Crippen molar-refractivity contribution >= 4 is 34.5 Å². The van der Waals surface area contributed by atoms with Crippen molar-refractivity contribution in [1.29, 1.82) is 0 Å². The zero-order valence-corrected chi connectivity index (χ0v) is 21.6. The van der Waals surface area contributed by atoms with Crippen LogP contribution in [0.25, 0.3) is 10.9 Å². The number of fused-ring (bicyclic) bond motifs is 3. The van der Waals surface area contributed by atoms with E-state index in [9.17, 15) is 14.4 Å². The van der Waals surface area contributed by atoms with Gasteiger partial charge in [-0.3, -0.25) is 14.5 Å². The Morgan fingerprint density at radius 3 is 2.44 bits per heavy atom. The predicted molar refractivity (Wildman–Crippen MR) is 148 cm³/mol. The summed E-state index contributed by atoms with van der Waals surface area (Å²) in [6.07, 6.45) is 1.73. The van der Waals surface area contributed by atoms with Gasteiger partial charge in [0, 0.05) is 36.1 Å². The highest BCUT2D eigenvalue weighted by Crippen LogP contribution is 2.32. The molecule has 8 nitrogen and oxygen atoms in total. The molecule has 6 rings (SSSR count). The number of rotatable bonds is 5. The Bertz CT molecular complexity index is 1520. The number of para-hydroxylation sites is 2. The number of carbonyl (C=O) groups is 3. The summed E-state index contributed by atoms with van der Waals surface area (Å²) in [6, 6.07) is 23.6. The molecule has 2 aliphatic rings. The smallest absolute Gasteiger partial charge is 0.411 e. The van der Waals surface area contributed by atoms with Crippen LogP contribution in [-0.2, 0) is 29.1 Å². The Morgan fingerprint density at radius 2 is 1.62 bits per heavy atom. The topological polar surface area (TPSA) is 94.7 Å². The second-order valence-electron chi connectivity index (χ2n) is 10.0. The van der Waals surface area contributed by atoms with Crippen molar-refractivity contribution in [1.82, 2.24) is 14.8 Å². The molecule has 0 aliphatic carbocycles. The minimum atomic E-state index is -0.810. The van der Waals surface area contributed by atoms with Gasteiger partial charge in [0.2, 0.25) is 5.91 Å². The molecule has 1 aromatic heterocycles. The largest absolute Gasteiger partial charge is 0.445 e. The molecule has 0 saturated carbocycles. The van der Waals surface area contributed by atoms with Gasteiger partial charge in [-0.2, -0.15) is 0 Å². The number of ether oxygens (including phenoxy) is 1. The molecule has 1 fully saturated rings. The summed E-state index contributed by atoms with van der Waals surface area (Å²) in [6.45, 7) is 1.75. The first-order valence-corrected chi connectivity index (χ1v) is 13.3. The molecular formula is C31H30N4O4. The molecule has 0 bridgehead atoms. The maximum Gasteiger partial charge on any atom is 0.411 e. The number of carbonyl (C=O) groups excluding carboxylic acids is 3. The molecule has 2 N–H and O–H groups in total. The zero-order valence-electron chi connectivity index (χ0n) is 21.6. The Kier molecular flexibility index (Phi) is 6.75. The fraction of sp³-hybridized carbons (Fsp3) is 0.258. The summed E-state index contributed by atoms with van der Waals surface area (Å²) in [4.78, 5) is 47.1. The minimum Gasteiger partial charge on any atom is -0.445 e. The third-order valence-electron chi connectivity index (χ3n) is 7.56. The Labute approximate surface area is 226 Å². The van der Waals surface area contributed by atoms with Crippen molar-refractivity contribution in [2.75, 3.05) is 18.4 Å². The van der Waals surface area contributed by atoms with Gasteiger partial charge >= 0.3 is 6.09 Å². The third kappa shape index (κ3) is 4.97. The van der Waals surface area contributed by atoms with Gasteiger partial charge in [-0.15, -0.1) is 0 Å². The third-order valence-corrected chi connectivity index (χ3v) is 7.56. The standard InChI is InChI=1S/C31H30N4O4/c36-29(33-26-15-7-5-13-23(26)30(37)34-16-8-9-17-34)28-18-24-22-12-4-6-14-25(22)32-27(24)19-35(28)31(38)39-20-21-10-2-1-3-11-21/h1-7,10-15,28,32H,8-9,16-20H2,(H,33,36)/t28-/m1/s1. The summed E-state index contributed by atoms with van der Waals surface area (Å²) in [7, 11) is 0. The monoisotopic (exact) mass is 522 g/mol. The number of nitrogens with one attached hydrogen (secondary N) is 2. The lowest BCUT2D eigenvalue weighted by Gasteiger charge is -2.34. The van der Waals surface area contributed by atoms with Gasteiger partial charge in [0.1, 0.15) is 12.6 Å². The molecule has 0 radical (unpaired) electrons. The van der Waals surface area contributed by atoms with E-state index in [2.05, 4.69) is 10.3 Å². The van der Waals surface area contributed by atoms with E-state index < -0.39 is 12.1 Å². The highest BCUT2D eigenvalue weighted by atomic mass is 16.6. The normalized spacial score (nSPS) is 16.7. The van der Waals surface area contributed by atoms with Crippen LogP contribution in [0.3, 0.4) is 0 Å². The second-order valence-corrected chi connectivity index (χ2v) is 10.0. The first-order valence-electron chi connectivity index (χ1n) is 13.3. The van der Waals surface area contributed by atoms with Crippen molar-refractivity contribution in [3.8, 4) is 0 Å². The molecule has 0 unspecified atom stereocenters. The van der Waals surface area contributed by atoms with Crippen LogP contribution >= 0.6 is 0 Å². The van der Waals surface area contributed by atoms with Crippen LogP contribution in [0.15, 0.2) is 78.9 Å². The molecule has 3 amide bonds. The zero-order chi connectivity index (χ0) is 26.8. The van der Waals surface area contributed by atoms with Gasteiger partial charge in [0.05, 0.1) is 17.8 Å². The average Bonchev–Trinajstić information content (AvgIpc) is 3.64. The van der Waals surface area contributed by atoms with Crippen molar-refractivity contribution in [2.45, 2.75) is 38.5 Å². The maximum atomic E-state index is 13.8. The Balaban J connectivity index is 1.28. The van der Waals surface area contributed by atoms with Crippen molar-refractivity contribution in [2.24, 2.45) is 0 Å². The highest BCUT2D eigenvalue weighted by Gasteiger charge is 2.38. The van der Waals surface area contributed by atoms with E-state index in [1.165, 1.54) is 4.90 Å². The molecule has 4 aromatic rings. The molecule has 1 atom stereocenters. The quantitative estimate of drug-likeness (QED) is 0.381. The van der Waals surface area contributed by atoms with Crippen LogP contribution in [0, 0.1) is 0 Å². The summed E-state index contributed by atoms with van der Waals surface area (Å²) >= 11 is 0. The first-order chi connectivity index (χ1) is 19.1. The fourth-order valence-corrected chi connectivity index (χ4v) is 5.52. The molecule has 1 saturated heterocycles. The SMILES string of the molecule is O=C(Nc1ccccc1C(=O)N1CCCC1)[C@H]1Cc2c([nH]c3ccccc23)CN1C(=O)OCc1ccccc1. The molecule has 0 spiro atoms. The maximum absolute atomic E-state index is 13.8. The van der Waals surface area contributed by atoms with Crippen molar-refractivity contribution in [3.05, 3.63) is 101 Å². The van der Waals surface area contributed by atoms with E-state index in [1.54, 1.807) is 24.3 Å². The fourth-order valence-electron chi connectivity index (χ4n) is 5.52. The van der Waals surface area contributed by atoms with E-state index in [-0.39, 0.29) is 25.0 Å². The average molecular weight is 523 g/mol. The lowest BCUT2D eigenvalue weighted by molar-refractivity contribution is -0.121. The number of aromatic nitrogens is 1. The van der Waals surface area contributed by atoms with Crippen LogP contribution in [-0.4, -0.2) is 51.8 Å². The van der Waals surface area contributed by atoms with Crippen LogP contribution in [0.4, 0.5) is 10.5 Å². The van der Waals surface area contributed by atoms with Crippen LogP contribution in [0.2, 0.25) is 0 Å². The van der Waals surface area contributed by atoms with Gasteiger partial charge in [-0.1, -0.05) is 60.7 Å². The van der Waals surface area contributed by atoms with Gasteiger partial charge in [-0.25, -0.2) is 4.79 Å². The first kappa shape index (κ1) is 24.7. The molecule has 39 heavy (non-hydrogen) atoms. The lowest BCUT2D eigenvalue weighted by Crippen LogP contribution is -2.50. The molecule has 198 valence electrons. The minimum absolute atomic E-state index is 0.0925. The van der Waals surface area contributed by atoms with E-state index >= 15 is 0 Å². The molecule has 2 aliphatic heterocycles. The number of hydrogen-bond donors (Lipinski definition) is 2. The van der Waals surface area contributed by atoms with E-state index in [1.807, 2.05) is 59.5 Å². The van der Waals surface area contributed by atoms with Crippen molar-refractivity contribution < 1.29 is 19.1 Å². The molecule has 8 heteroatoms. The number of benzene rings is 3. The predicted octanol–water partition coefficient (Wildman–Crippen LogP) is 5.11. The molecule has 3 aromatic carbocycles. The highest BCUT2D eigenvalue weighted by molar-refractivity contribution is 6.05. The number of nitrogens with zero attached hydrogens (tertiary/aromatic N) is 2. The van der Waals surface area contributed by atoms with Crippen LogP contribution in [0.5, 0.6) is 0 Å². The van der Waals surface area contributed by atoms with Crippen LogP contribution in [0.1, 0.15) is 40.0 Å². The van der Waals surface area contributed by atoms with Gasteiger partial charge in [-0.05, 0) is 42.2 Å². The van der Waals surface area contributed by atoms with E-state index in [0.717, 1.165) is 40.6 Å². The van der Waals surface area contributed by atoms with Gasteiger partial charge in [0.15, 0.2) is 0 Å². The number of aromatic amines is 1. The summed E-state index contributed by atoms with van der Waals surface area (Å²) in [5, 5.41) is 4.00. The number of hydrogen-bond acceptors (Lipinski definition) is 4. The van der Waals surface area contributed by atoms with Crippen molar-refractivity contribution in [3.63, 3.8) is 0 Å². The number of H-pyrrole nitrogens is 1. The van der Waals surface area contributed by atoms with E-state index in [4.69, 9.17) is 4.74 Å². The van der Waals surface area contributed by atoms with Crippen LogP contribution < -0.4 is 5.32 Å². The number of amides is 3. The second kappa shape index (κ2) is 10.6. The van der Waals surface area contributed by atoms with E-state index in [0.29, 0.717) is 30.8 Å². The number of anilines is 1. The Hall–Kier alpha value is -4.59. The molecule has 3 heterocycles. The van der Waals surface area contributed by atoms with Gasteiger partial charge < -0.3 is 19.9 Å². The number of likely N-dealkylation sites (tertiary alicyclic amines) is 1. The summed E-state index contributed by atoms with van der Waals surface area (Å²) in [5.74, 6) is -0.450. The lowest BCUT2D eigenvalue weighted by atomic mass is 9.96.